The Morgan fingerprint density at radius 2 is 2.54 bits per heavy atom. The molecule has 3 nitrogen and oxygen atoms in total. The monoisotopic (exact) mass is 178 g/mol. The SMILES string of the molecule is CCc1cnc2c(c1)[C@@H](N)CCO2. The average Bonchev–Trinajstić information content (AvgIpc) is 2.18. The standard InChI is InChI=1S/C10H14N2O/c1-2-7-5-8-9(11)3-4-13-10(8)12-6-7/h5-6,9H,2-4,11H2,1H3/t9-/m0/s1. The van der Waals surface area contributed by atoms with Gasteiger partial charge in [0.05, 0.1) is 6.61 Å². The van der Waals surface area contributed by atoms with E-state index < -0.39 is 0 Å². The van der Waals surface area contributed by atoms with E-state index in [1.165, 1.54) is 5.56 Å². The second-order valence-electron chi connectivity index (χ2n) is 3.34. The molecule has 70 valence electrons. The van der Waals surface area contributed by atoms with Crippen LogP contribution in [0, 0.1) is 0 Å². The molecule has 2 N–H and O–H groups in total. The molecule has 0 bridgehead atoms. The largest absolute Gasteiger partial charge is 0.477 e. The van der Waals surface area contributed by atoms with E-state index in [9.17, 15) is 0 Å². The Morgan fingerprint density at radius 1 is 1.69 bits per heavy atom. The number of nitrogens with two attached hydrogens (primary N) is 1. The molecule has 0 saturated heterocycles. The maximum atomic E-state index is 5.95. The van der Waals surface area contributed by atoms with Crippen LogP contribution >= 0.6 is 0 Å². The third-order valence-electron chi connectivity index (χ3n) is 2.41. The normalized spacial score (nSPS) is 20.6. The van der Waals surface area contributed by atoms with Crippen molar-refractivity contribution in [1.29, 1.82) is 0 Å². The lowest BCUT2D eigenvalue weighted by atomic mass is 10.0. The van der Waals surface area contributed by atoms with Gasteiger partial charge in [-0.2, -0.15) is 0 Å². The van der Waals surface area contributed by atoms with E-state index in [2.05, 4.69) is 18.0 Å². The van der Waals surface area contributed by atoms with E-state index in [1.807, 2.05) is 6.20 Å². The van der Waals surface area contributed by atoms with E-state index in [0.29, 0.717) is 6.61 Å². The molecule has 0 aliphatic carbocycles. The molecule has 0 saturated carbocycles. The summed E-state index contributed by atoms with van der Waals surface area (Å²) < 4.78 is 5.40. The van der Waals surface area contributed by atoms with Gasteiger partial charge >= 0.3 is 0 Å². The molecule has 1 aliphatic rings. The molecule has 0 fully saturated rings. The lowest BCUT2D eigenvalue weighted by Gasteiger charge is -2.22. The van der Waals surface area contributed by atoms with Gasteiger partial charge in [-0.05, 0) is 18.1 Å². The first-order valence-electron chi connectivity index (χ1n) is 4.68. The Bertz CT molecular complexity index is 312. The van der Waals surface area contributed by atoms with E-state index in [0.717, 1.165) is 24.3 Å². The molecular weight excluding hydrogens is 164 g/mol. The van der Waals surface area contributed by atoms with Crippen LogP contribution in [0.3, 0.4) is 0 Å². The van der Waals surface area contributed by atoms with E-state index in [4.69, 9.17) is 10.5 Å². The highest BCUT2D eigenvalue weighted by molar-refractivity contribution is 5.34. The highest BCUT2D eigenvalue weighted by Gasteiger charge is 2.18. The summed E-state index contributed by atoms with van der Waals surface area (Å²) in [7, 11) is 0. The molecule has 1 aromatic heterocycles. The highest BCUT2D eigenvalue weighted by Crippen LogP contribution is 2.28. The molecule has 1 aromatic rings. The number of aromatic nitrogens is 1. The minimum Gasteiger partial charge on any atom is -0.477 e. The molecule has 0 radical (unpaired) electrons. The van der Waals surface area contributed by atoms with E-state index >= 15 is 0 Å². The first-order valence-corrected chi connectivity index (χ1v) is 4.68. The quantitative estimate of drug-likeness (QED) is 0.707. The van der Waals surface area contributed by atoms with E-state index in [1.54, 1.807) is 0 Å². The molecule has 13 heavy (non-hydrogen) atoms. The van der Waals surface area contributed by atoms with Gasteiger partial charge in [-0.25, -0.2) is 4.98 Å². The van der Waals surface area contributed by atoms with E-state index in [-0.39, 0.29) is 6.04 Å². The fourth-order valence-corrected chi connectivity index (χ4v) is 1.53. The second kappa shape index (κ2) is 3.34. The number of pyridine rings is 1. The van der Waals surface area contributed by atoms with Crippen LogP contribution in [-0.4, -0.2) is 11.6 Å². The topological polar surface area (TPSA) is 48.1 Å². The van der Waals surface area contributed by atoms with Crippen molar-refractivity contribution in [3.05, 3.63) is 23.4 Å². The Morgan fingerprint density at radius 3 is 3.31 bits per heavy atom. The van der Waals surface area contributed by atoms with Gasteiger partial charge in [0, 0.05) is 24.2 Å². The molecule has 0 amide bonds. The number of ether oxygens (including phenoxy) is 1. The Kier molecular flexibility index (Phi) is 2.19. The Balaban J connectivity index is 2.41. The first-order chi connectivity index (χ1) is 6.31. The van der Waals surface area contributed by atoms with Crippen molar-refractivity contribution in [3.8, 4) is 5.88 Å². The number of aryl methyl sites for hydroxylation is 1. The fraction of sp³-hybridized carbons (Fsp3) is 0.500. The number of rotatable bonds is 1. The van der Waals surface area contributed by atoms with Crippen molar-refractivity contribution in [3.63, 3.8) is 0 Å². The zero-order valence-corrected chi connectivity index (χ0v) is 7.79. The van der Waals surface area contributed by atoms with Crippen molar-refractivity contribution in [2.75, 3.05) is 6.61 Å². The second-order valence-corrected chi connectivity index (χ2v) is 3.34. The predicted octanol–water partition coefficient (Wildman–Crippen LogP) is 1.43. The maximum Gasteiger partial charge on any atom is 0.218 e. The summed E-state index contributed by atoms with van der Waals surface area (Å²) in [5.41, 5.74) is 8.23. The number of fused-ring (bicyclic) bond motifs is 1. The van der Waals surface area contributed by atoms with Crippen LogP contribution in [0.2, 0.25) is 0 Å². The minimum absolute atomic E-state index is 0.0998. The maximum absolute atomic E-state index is 5.95. The lowest BCUT2D eigenvalue weighted by Crippen LogP contribution is -2.21. The average molecular weight is 178 g/mol. The van der Waals surface area contributed by atoms with Crippen molar-refractivity contribution in [1.82, 2.24) is 4.98 Å². The summed E-state index contributed by atoms with van der Waals surface area (Å²) in [5, 5.41) is 0. The molecule has 0 unspecified atom stereocenters. The van der Waals surface area contributed by atoms with Crippen LogP contribution < -0.4 is 10.5 Å². The number of nitrogens with zero attached hydrogens (tertiary/aromatic N) is 1. The van der Waals surface area contributed by atoms with Gasteiger partial charge in [0.25, 0.3) is 0 Å². The first kappa shape index (κ1) is 8.51. The van der Waals surface area contributed by atoms with Crippen molar-refractivity contribution in [2.24, 2.45) is 5.73 Å². The predicted molar refractivity (Wildman–Crippen MR) is 50.7 cm³/mol. The third kappa shape index (κ3) is 1.52. The highest BCUT2D eigenvalue weighted by atomic mass is 16.5. The van der Waals surface area contributed by atoms with Gasteiger partial charge in [-0.15, -0.1) is 0 Å². The molecular formula is C10H14N2O. The number of hydrogen-bond acceptors (Lipinski definition) is 3. The summed E-state index contributed by atoms with van der Waals surface area (Å²) in [6, 6.07) is 2.20. The van der Waals surface area contributed by atoms with Gasteiger partial charge in [0.1, 0.15) is 0 Å². The molecule has 0 spiro atoms. The van der Waals surface area contributed by atoms with Crippen LogP contribution in [0.1, 0.15) is 30.5 Å². The summed E-state index contributed by atoms with van der Waals surface area (Å²) in [6.07, 6.45) is 3.74. The summed E-state index contributed by atoms with van der Waals surface area (Å²) in [6.45, 7) is 2.80. The van der Waals surface area contributed by atoms with Gasteiger partial charge in [0.2, 0.25) is 5.88 Å². The van der Waals surface area contributed by atoms with Crippen LogP contribution in [0.5, 0.6) is 5.88 Å². The zero-order chi connectivity index (χ0) is 9.26. The third-order valence-corrected chi connectivity index (χ3v) is 2.41. The van der Waals surface area contributed by atoms with Gasteiger partial charge in [0.15, 0.2) is 0 Å². The van der Waals surface area contributed by atoms with Crippen molar-refractivity contribution < 1.29 is 4.74 Å². The van der Waals surface area contributed by atoms with Gasteiger partial charge < -0.3 is 10.5 Å². The van der Waals surface area contributed by atoms with Crippen molar-refractivity contribution >= 4 is 0 Å². The van der Waals surface area contributed by atoms with Crippen LogP contribution in [0.25, 0.3) is 0 Å². The Hall–Kier alpha value is -1.09. The van der Waals surface area contributed by atoms with Crippen molar-refractivity contribution in [2.45, 2.75) is 25.8 Å². The fourth-order valence-electron chi connectivity index (χ4n) is 1.53. The summed E-state index contributed by atoms with van der Waals surface area (Å²) >= 11 is 0. The lowest BCUT2D eigenvalue weighted by molar-refractivity contribution is 0.257. The molecule has 1 atom stereocenters. The smallest absolute Gasteiger partial charge is 0.218 e. The summed E-state index contributed by atoms with van der Waals surface area (Å²) in [4.78, 5) is 4.24. The van der Waals surface area contributed by atoms with Gasteiger partial charge in [-0.3, -0.25) is 0 Å². The molecule has 2 rings (SSSR count). The number of hydrogen-bond donors (Lipinski definition) is 1. The minimum atomic E-state index is 0.0998. The molecule has 0 aromatic carbocycles. The molecule has 2 heterocycles. The van der Waals surface area contributed by atoms with Crippen LogP contribution in [0.15, 0.2) is 12.3 Å². The molecule has 1 aliphatic heterocycles. The summed E-state index contributed by atoms with van der Waals surface area (Å²) in [5.74, 6) is 0.718. The molecule has 3 heteroatoms. The van der Waals surface area contributed by atoms with Crippen LogP contribution in [0.4, 0.5) is 0 Å². The zero-order valence-electron chi connectivity index (χ0n) is 7.79. The van der Waals surface area contributed by atoms with Crippen LogP contribution in [-0.2, 0) is 6.42 Å². The Labute approximate surface area is 77.9 Å². The van der Waals surface area contributed by atoms with Gasteiger partial charge in [-0.1, -0.05) is 6.92 Å².